The second-order valence-corrected chi connectivity index (χ2v) is 12.0. The van der Waals surface area contributed by atoms with Crippen LogP contribution >= 0.6 is 0 Å². The topological polar surface area (TPSA) is 29.5 Å². The van der Waals surface area contributed by atoms with E-state index in [9.17, 15) is 5.11 Å². The summed E-state index contributed by atoms with van der Waals surface area (Å²) in [5.74, 6) is 1.69. The number of ether oxygens (including phenoxy) is 1. The van der Waals surface area contributed by atoms with Gasteiger partial charge in [-0.15, -0.1) is 0 Å². The van der Waals surface area contributed by atoms with E-state index in [0.717, 1.165) is 0 Å². The number of aliphatic hydroxyl groups excluding tert-OH is 1. The summed E-state index contributed by atoms with van der Waals surface area (Å²) in [5.41, 5.74) is 0.726. The van der Waals surface area contributed by atoms with Crippen molar-refractivity contribution >= 4 is 0 Å². The first-order chi connectivity index (χ1) is 14.0. The van der Waals surface area contributed by atoms with Crippen LogP contribution in [-0.4, -0.2) is 22.9 Å². The van der Waals surface area contributed by atoms with Gasteiger partial charge in [-0.05, 0) is 55.8 Å². The van der Waals surface area contributed by atoms with Crippen LogP contribution in [0.25, 0.3) is 0 Å². The first-order valence-corrected chi connectivity index (χ1v) is 13.3. The molecule has 3 aliphatic rings. The van der Waals surface area contributed by atoms with Crippen molar-refractivity contribution in [2.75, 3.05) is 0 Å². The fourth-order valence-corrected chi connectivity index (χ4v) is 5.71. The highest BCUT2D eigenvalue weighted by Crippen LogP contribution is 2.43. The molecule has 0 radical (unpaired) electrons. The van der Waals surface area contributed by atoms with E-state index in [1.807, 2.05) is 0 Å². The summed E-state index contributed by atoms with van der Waals surface area (Å²) in [5, 5.41) is 10.4. The highest BCUT2D eigenvalue weighted by Gasteiger charge is 2.45. The molecule has 180 valence electrons. The van der Waals surface area contributed by atoms with E-state index >= 15 is 0 Å². The number of hydrogen-bond donors (Lipinski definition) is 1. The quantitative estimate of drug-likeness (QED) is 0.482. The Morgan fingerprint density at radius 2 is 1.10 bits per heavy atom. The van der Waals surface area contributed by atoms with Crippen LogP contribution in [0, 0.1) is 29.1 Å². The van der Waals surface area contributed by atoms with E-state index in [1.165, 1.54) is 70.6 Å². The second kappa shape index (κ2) is 12.8. The fourth-order valence-electron chi connectivity index (χ4n) is 5.71. The molecule has 0 heterocycles. The lowest BCUT2D eigenvalue weighted by Gasteiger charge is -2.49. The molecule has 0 spiro atoms. The van der Waals surface area contributed by atoms with Gasteiger partial charge < -0.3 is 9.84 Å². The van der Waals surface area contributed by atoms with Crippen molar-refractivity contribution in [3.63, 3.8) is 0 Å². The molecule has 0 aromatic heterocycles. The summed E-state index contributed by atoms with van der Waals surface area (Å²) >= 11 is 0. The average Bonchev–Trinajstić information content (AvgIpc) is 2.70. The third kappa shape index (κ3) is 8.45. The molecule has 3 rings (SSSR count). The number of hydrogen-bond acceptors (Lipinski definition) is 2. The molecule has 0 aromatic rings. The Kier molecular flexibility index (Phi) is 12.0. The molecular formula is C28H56O2. The molecule has 1 N–H and O–H groups in total. The van der Waals surface area contributed by atoms with Crippen molar-refractivity contribution in [3.8, 4) is 0 Å². The second-order valence-electron chi connectivity index (χ2n) is 12.0. The van der Waals surface area contributed by atoms with Gasteiger partial charge in [0, 0.05) is 5.92 Å². The van der Waals surface area contributed by atoms with E-state index < -0.39 is 0 Å². The van der Waals surface area contributed by atoms with E-state index in [4.69, 9.17) is 4.74 Å². The monoisotopic (exact) mass is 424 g/mol. The predicted octanol–water partition coefficient (Wildman–Crippen LogP) is 8.41. The van der Waals surface area contributed by atoms with Gasteiger partial charge in [0.15, 0.2) is 0 Å². The Labute approximate surface area is 189 Å². The summed E-state index contributed by atoms with van der Waals surface area (Å²) in [6.45, 7) is 20.2. The first-order valence-electron chi connectivity index (χ1n) is 13.3. The first kappa shape index (κ1) is 28.0. The maximum absolute atomic E-state index is 10.4. The van der Waals surface area contributed by atoms with E-state index in [0.29, 0.717) is 23.2 Å². The largest absolute Gasteiger partial charge is 0.392 e. The van der Waals surface area contributed by atoms with Crippen molar-refractivity contribution in [2.45, 2.75) is 151 Å². The molecule has 2 heteroatoms. The average molecular weight is 425 g/mol. The third-order valence-corrected chi connectivity index (χ3v) is 8.31. The molecule has 0 aromatic carbocycles. The summed E-state index contributed by atoms with van der Waals surface area (Å²) in [6.07, 6.45) is 14.9. The maximum Gasteiger partial charge on any atom is 0.0660 e. The Morgan fingerprint density at radius 3 is 1.50 bits per heavy atom. The molecule has 6 atom stereocenters. The van der Waals surface area contributed by atoms with Crippen LogP contribution in [-0.2, 0) is 4.74 Å². The van der Waals surface area contributed by atoms with Crippen LogP contribution in [0.2, 0.25) is 0 Å². The highest BCUT2D eigenvalue weighted by molar-refractivity contribution is 4.94. The zero-order valence-electron chi connectivity index (χ0n) is 22.1. The normalized spacial score (nSPS) is 37.8. The summed E-state index contributed by atoms with van der Waals surface area (Å²) in [7, 11) is 0. The lowest BCUT2D eigenvalue weighted by atomic mass is 9.66. The molecule has 0 aliphatic heterocycles. The molecule has 2 nitrogen and oxygen atoms in total. The molecule has 0 bridgehead atoms. The SMILES string of the molecule is CC1(C)CCCCC1.CCC.C[C@H]1[C@@H](C)[C@H](O)[C@@H](C)[C@H](OC2(C)CCCCC2)[C@H]1C. The Bertz CT molecular complexity index is 428. The van der Waals surface area contributed by atoms with Crippen molar-refractivity contribution in [1.29, 1.82) is 0 Å². The van der Waals surface area contributed by atoms with Crippen LogP contribution in [0.1, 0.15) is 133 Å². The van der Waals surface area contributed by atoms with Gasteiger partial charge in [-0.1, -0.05) is 100 Å². The number of aliphatic hydroxyl groups is 1. The van der Waals surface area contributed by atoms with Crippen LogP contribution in [0.4, 0.5) is 0 Å². The summed E-state index contributed by atoms with van der Waals surface area (Å²) in [6, 6.07) is 0. The van der Waals surface area contributed by atoms with Gasteiger partial charge in [0.05, 0.1) is 17.8 Å². The lowest BCUT2D eigenvalue weighted by molar-refractivity contribution is -0.189. The van der Waals surface area contributed by atoms with Gasteiger partial charge >= 0.3 is 0 Å². The Balaban J connectivity index is 0.000000338. The molecule has 3 fully saturated rings. The number of rotatable bonds is 2. The van der Waals surface area contributed by atoms with Crippen LogP contribution < -0.4 is 0 Å². The molecule has 3 aliphatic carbocycles. The summed E-state index contributed by atoms with van der Waals surface area (Å²) in [4.78, 5) is 0. The smallest absolute Gasteiger partial charge is 0.0660 e. The highest BCUT2D eigenvalue weighted by atomic mass is 16.5. The van der Waals surface area contributed by atoms with Gasteiger partial charge in [-0.2, -0.15) is 0 Å². The van der Waals surface area contributed by atoms with Crippen LogP contribution in [0.15, 0.2) is 0 Å². The van der Waals surface area contributed by atoms with Gasteiger partial charge in [0.25, 0.3) is 0 Å². The minimum Gasteiger partial charge on any atom is -0.392 e. The maximum atomic E-state index is 10.4. The fraction of sp³-hybridized carbons (Fsp3) is 1.00. The van der Waals surface area contributed by atoms with Gasteiger partial charge in [-0.3, -0.25) is 0 Å². The van der Waals surface area contributed by atoms with Crippen molar-refractivity contribution in [2.24, 2.45) is 29.1 Å². The lowest BCUT2D eigenvalue weighted by Crippen LogP contribution is -2.52. The third-order valence-electron chi connectivity index (χ3n) is 8.31. The molecule has 0 amide bonds. The van der Waals surface area contributed by atoms with Crippen molar-refractivity contribution in [3.05, 3.63) is 0 Å². The van der Waals surface area contributed by atoms with Crippen molar-refractivity contribution in [1.82, 2.24) is 0 Å². The van der Waals surface area contributed by atoms with E-state index in [2.05, 4.69) is 62.3 Å². The van der Waals surface area contributed by atoms with E-state index in [1.54, 1.807) is 0 Å². The molecule has 0 saturated heterocycles. The van der Waals surface area contributed by atoms with Gasteiger partial charge in [0.2, 0.25) is 0 Å². The van der Waals surface area contributed by atoms with E-state index in [-0.39, 0.29) is 23.7 Å². The molecule has 0 unspecified atom stereocenters. The van der Waals surface area contributed by atoms with Gasteiger partial charge in [0.1, 0.15) is 0 Å². The summed E-state index contributed by atoms with van der Waals surface area (Å²) < 4.78 is 6.57. The predicted molar refractivity (Wildman–Crippen MR) is 132 cm³/mol. The minimum absolute atomic E-state index is 0.0471. The van der Waals surface area contributed by atoms with Crippen LogP contribution in [0.5, 0.6) is 0 Å². The molecule has 30 heavy (non-hydrogen) atoms. The van der Waals surface area contributed by atoms with Crippen LogP contribution in [0.3, 0.4) is 0 Å². The Morgan fingerprint density at radius 1 is 0.667 bits per heavy atom. The van der Waals surface area contributed by atoms with Gasteiger partial charge in [-0.25, -0.2) is 0 Å². The van der Waals surface area contributed by atoms with Crippen molar-refractivity contribution < 1.29 is 9.84 Å². The molecule has 3 saturated carbocycles. The Hall–Kier alpha value is -0.0800. The molecular weight excluding hydrogens is 368 g/mol. The minimum atomic E-state index is -0.219. The zero-order chi connectivity index (χ0) is 22.9. The zero-order valence-corrected chi connectivity index (χ0v) is 22.1. The standard InChI is InChI=1S/C17H32O2.C8H16.C3H8/c1-11-12(2)15(18)14(4)16(13(11)3)19-17(5)9-7-6-8-10-17;1-8(2)6-4-3-5-7-8;1-3-2/h11-16,18H,6-10H2,1-5H3;3-7H2,1-2H3;3H2,1-2H3/t11-,12+,13-,14+,15-,16+;;/m0../s1.